The number of rotatable bonds is 9. The molecule has 2 N–H and O–H groups in total. The summed E-state index contributed by atoms with van der Waals surface area (Å²) in [5.74, 6) is 1.10. The van der Waals surface area contributed by atoms with E-state index >= 15 is 0 Å². The van der Waals surface area contributed by atoms with Crippen LogP contribution in [0.5, 0.6) is 17.2 Å². The van der Waals surface area contributed by atoms with Crippen LogP contribution in [0.4, 0.5) is 11.4 Å². The molecule has 0 aliphatic rings. The lowest BCUT2D eigenvalue weighted by Gasteiger charge is -2.14. The third kappa shape index (κ3) is 5.87. The minimum absolute atomic E-state index is 0.0417. The van der Waals surface area contributed by atoms with Gasteiger partial charge in [-0.1, -0.05) is 24.3 Å². The van der Waals surface area contributed by atoms with Crippen LogP contribution in [0.2, 0.25) is 0 Å². The zero-order valence-electron chi connectivity index (χ0n) is 19.3. The molecule has 3 aromatic rings. The standard InChI is InChI=1S/C25H26N2O6S/c1-17-9-12-19(16-24(17)34(29,30)27-20-7-5-6-8-21(20)31-2)26-25(28)14-11-18-10-13-22(32-3)23(15-18)33-4/h5-16,27H,1-4H3,(H,26,28)/b14-11+. The zero-order valence-corrected chi connectivity index (χ0v) is 20.1. The zero-order chi connectivity index (χ0) is 24.7. The van der Waals surface area contributed by atoms with E-state index in [1.165, 1.54) is 26.4 Å². The highest BCUT2D eigenvalue weighted by atomic mass is 32.2. The monoisotopic (exact) mass is 482 g/mol. The molecule has 0 bridgehead atoms. The molecular weight excluding hydrogens is 456 g/mol. The van der Waals surface area contributed by atoms with Crippen molar-refractivity contribution in [1.82, 2.24) is 0 Å². The van der Waals surface area contributed by atoms with Gasteiger partial charge in [0.05, 0.1) is 31.9 Å². The molecule has 1 amide bonds. The highest BCUT2D eigenvalue weighted by molar-refractivity contribution is 7.92. The maximum atomic E-state index is 13.0. The van der Waals surface area contributed by atoms with Crippen LogP contribution >= 0.6 is 0 Å². The van der Waals surface area contributed by atoms with Crippen molar-refractivity contribution < 1.29 is 27.4 Å². The molecule has 8 nitrogen and oxygen atoms in total. The van der Waals surface area contributed by atoms with E-state index in [1.807, 2.05) is 0 Å². The first-order chi connectivity index (χ1) is 16.3. The van der Waals surface area contributed by atoms with Crippen molar-refractivity contribution in [3.63, 3.8) is 0 Å². The Bertz CT molecular complexity index is 1320. The van der Waals surface area contributed by atoms with Crippen molar-refractivity contribution in [2.75, 3.05) is 31.4 Å². The largest absolute Gasteiger partial charge is 0.495 e. The number of benzene rings is 3. The lowest BCUT2D eigenvalue weighted by Crippen LogP contribution is -2.16. The van der Waals surface area contributed by atoms with E-state index in [0.717, 1.165) is 5.56 Å². The molecule has 3 aromatic carbocycles. The van der Waals surface area contributed by atoms with Crippen molar-refractivity contribution in [3.8, 4) is 17.2 Å². The van der Waals surface area contributed by atoms with E-state index < -0.39 is 15.9 Å². The van der Waals surface area contributed by atoms with Crippen molar-refractivity contribution in [1.29, 1.82) is 0 Å². The number of aryl methyl sites for hydroxylation is 1. The molecule has 0 radical (unpaired) electrons. The minimum atomic E-state index is -3.93. The number of carbonyl (C=O) groups excluding carboxylic acids is 1. The van der Waals surface area contributed by atoms with Gasteiger partial charge in [-0.3, -0.25) is 9.52 Å². The molecule has 9 heteroatoms. The third-order valence-electron chi connectivity index (χ3n) is 4.93. The predicted molar refractivity (Wildman–Crippen MR) is 132 cm³/mol. The van der Waals surface area contributed by atoms with Crippen LogP contribution in [0.3, 0.4) is 0 Å². The number of hydrogen-bond donors (Lipinski definition) is 2. The number of sulfonamides is 1. The SMILES string of the molecule is COc1ccccc1NS(=O)(=O)c1cc(NC(=O)/C=C/c2ccc(OC)c(OC)c2)ccc1C. The van der Waals surface area contributed by atoms with Gasteiger partial charge in [0, 0.05) is 11.8 Å². The van der Waals surface area contributed by atoms with Gasteiger partial charge in [0.25, 0.3) is 10.0 Å². The molecule has 34 heavy (non-hydrogen) atoms. The molecule has 0 aromatic heterocycles. The smallest absolute Gasteiger partial charge is 0.262 e. The molecule has 0 saturated carbocycles. The van der Waals surface area contributed by atoms with E-state index in [1.54, 1.807) is 74.7 Å². The van der Waals surface area contributed by atoms with Crippen molar-refractivity contribution in [2.45, 2.75) is 11.8 Å². The van der Waals surface area contributed by atoms with Gasteiger partial charge in [0.1, 0.15) is 5.75 Å². The molecule has 0 aliphatic heterocycles. The molecule has 0 aliphatic carbocycles. The Balaban J connectivity index is 1.78. The fourth-order valence-corrected chi connectivity index (χ4v) is 4.55. The molecule has 0 fully saturated rings. The summed E-state index contributed by atoms with van der Waals surface area (Å²) in [5.41, 5.74) is 1.92. The summed E-state index contributed by atoms with van der Waals surface area (Å²) in [4.78, 5) is 12.5. The maximum absolute atomic E-state index is 13.0. The number of carbonyl (C=O) groups is 1. The molecule has 178 valence electrons. The second-order valence-corrected chi connectivity index (χ2v) is 8.87. The highest BCUT2D eigenvalue weighted by Gasteiger charge is 2.19. The first-order valence-corrected chi connectivity index (χ1v) is 11.7. The highest BCUT2D eigenvalue weighted by Crippen LogP contribution is 2.29. The Morgan fingerprint density at radius 3 is 2.26 bits per heavy atom. The van der Waals surface area contributed by atoms with E-state index in [-0.39, 0.29) is 4.90 Å². The van der Waals surface area contributed by atoms with Crippen LogP contribution < -0.4 is 24.2 Å². The van der Waals surface area contributed by atoms with E-state index in [9.17, 15) is 13.2 Å². The lowest BCUT2D eigenvalue weighted by molar-refractivity contribution is -0.111. The van der Waals surface area contributed by atoms with Crippen LogP contribution in [-0.4, -0.2) is 35.7 Å². The summed E-state index contributed by atoms with van der Waals surface area (Å²) in [7, 11) is 0.609. The fourth-order valence-electron chi connectivity index (χ4n) is 3.21. The Labute approximate surface area is 199 Å². The van der Waals surface area contributed by atoms with Crippen LogP contribution in [0.25, 0.3) is 6.08 Å². The van der Waals surface area contributed by atoms with Gasteiger partial charge in [-0.05, 0) is 60.5 Å². The quantitative estimate of drug-likeness (QED) is 0.436. The number of anilines is 2. The first-order valence-electron chi connectivity index (χ1n) is 10.2. The van der Waals surface area contributed by atoms with E-state index in [2.05, 4.69) is 10.0 Å². The molecule has 0 saturated heterocycles. The number of para-hydroxylation sites is 2. The second-order valence-electron chi connectivity index (χ2n) is 7.22. The summed E-state index contributed by atoms with van der Waals surface area (Å²) in [6, 6.07) is 16.7. The first kappa shape index (κ1) is 24.7. The van der Waals surface area contributed by atoms with Crippen molar-refractivity contribution in [2.24, 2.45) is 0 Å². The van der Waals surface area contributed by atoms with Gasteiger partial charge >= 0.3 is 0 Å². The second kappa shape index (κ2) is 10.8. The molecule has 3 rings (SSSR count). The Hall–Kier alpha value is -3.98. The predicted octanol–water partition coefficient (Wildman–Crippen LogP) is 4.47. The molecule has 0 atom stereocenters. The number of amides is 1. The van der Waals surface area contributed by atoms with Gasteiger partial charge in [-0.15, -0.1) is 0 Å². The molecule has 0 spiro atoms. The van der Waals surface area contributed by atoms with Crippen LogP contribution in [-0.2, 0) is 14.8 Å². The topological polar surface area (TPSA) is 103 Å². The number of methoxy groups -OCH3 is 3. The number of ether oxygens (including phenoxy) is 3. The Morgan fingerprint density at radius 2 is 1.56 bits per heavy atom. The summed E-state index contributed by atoms with van der Waals surface area (Å²) in [6.07, 6.45) is 2.97. The van der Waals surface area contributed by atoms with Crippen molar-refractivity contribution >= 4 is 33.4 Å². The molecule has 0 heterocycles. The van der Waals surface area contributed by atoms with Gasteiger partial charge < -0.3 is 19.5 Å². The number of nitrogens with one attached hydrogen (secondary N) is 2. The van der Waals surface area contributed by atoms with E-state index in [4.69, 9.17) is 14.2 Å². The van der Waals surface area contributed by atoms with Crippen LogP contribution in [0, 0.1) is 6.92 Å². The molecule has 0 unspecified atom stereocenters. The normalized spacial score (nSPS) is 11.2. The van der Waals surface area contributed by atoms with E-state index in [0.29, 0.717) is 34.2 Å². The summed E-state index contributed by atoms with van der Waals surface area (Å²) in [5, 5.41) is 2.69. The van der Waals surface area contributed by atoms with Gasteiger partial charge in [0.2, 0.25) is 5.91 Å². The fraction of sp³-hybridized carbons (Fsp3) is 0.160. The minimum Gasteiger partial charge on any atom is -0.495 e. The number of hydrogen-bond acceptors (Lipinski definition) is 6. The van der Waals surface area contributed by atoms with Crippen molar-refractivity contribution in [3.05, 3.63) is 77.9 Å². The lowest BCUT2D eigenvalue weighted by atomic mass is 10.2. The average molecular weight is 483 g/mol. The summed E-state index contributed by atoms with van der Waals surface area (Å²) >= 11 is 0. The van der Waals surface area contributed by atoms with Gasteiger partial charge in [-0.25, -0.2) is 8.42 Å². The summed E-state index contributed by atoms with van der Waals surface area (Å²) < 4.78 is 44.3. The maximum Gasteiger partial charge on any atom is 0.262 e. The van der Waals surface area contributed by atoms with Gasteiger partial charge in [0.15, 0.2) is 11.5 Å². The third-order valence-corrected chi connectivity index (χ3v) is 6.44. The van der Waals surface area contributed by atoms with Crippen LogP contribution in [0.15, 0.2) is 71.6 Å². The van der Waals surface area contributed by atoms with Crippen LogP contribution in [0.1, 0.15) is 11.1 Å². The molecular formula is C25H26N2O6S. The average Bonchev–Trinajstić information content (AvgIpc) is 2.83. The Morgan fingerprint density at radius 1 is 0.853 bits per heavy atom. The van der Waals surface area contributed by atoms with Gasteiger partial charge in [-0.2, -0.15) is 0 Å². The Kier molecular flexibility index (Phi) is 7.80. The summed E-state index contributed by atoms with van der Waals surface area (Å²) in [6.45, 7) is 1.68.